The second-order valence-electron chi connectivity index (χ2n) is 12.9. The second kappa shape index (κ2) is 25.3. The molecule has 0 fully saturated rings. The van der Waals surface area contributed by atoms with Gasteiger partial charge < -0.3 is 29.7 Å². The lowest BCUT2D eigenvalue weighted by atomic mass is 9.86. The Morgan fingerprint density at radius 2 is 1.30 bits per heavy atom. The molecule has 0 saturated carbocycles. The summed E-state index contributed by atoms with van der Waals surface area (Å²) in [6.45, 7) is 4.73. The van der Waals surface area contributed by atoms with E-state index in [4.69, 9.17) is 19.3 Å². The van der Waals surface area contributed by atoms with Crippen molar-refractivity contribution in [3.63, 3.8) is 0 Å². The maximum Gasteiger partial charge on any atom is 0.347 e. The van der Waals surface area contributed by atoms with E-state index in [1.165, 1.54) is 48.5 Å². The maximum atomic E-state index is 13.5. The van der Waals surface area contributed by atoms with Crippen LogP contribution in [0.5, 0.6) is 11.5 Å². The number of ether oxygens (including phenoxy) is 3. The summed E-state index contributed by atoms with van der Waals surface area (Å²) in [6, 6.07) is 11.4. The van der Waals surface area contributed by atoms with E-state index in [-0.39, 0.29) is 48.6 Å². The van der Waals surface area contributed by atoms with E-state index in [1.807, 2.05) is 12.2 Å². The number of aromatic hydroxyl groups is 1. The van der Waals surface area contributed by atoms with Crippen LogP contribution in [-0.2, 0) is 23.9 Å². The molecule has 2 rings (SSSR count). The standard InChI is InChI=1S/C43H53NO10/c1-4-5-6-7-8-9-10-11-12-13-14-15-16-17-18-19-20-29-38(48)52-32-43(2,3)39(40(49)44-31-30-37(46)47)54-42(51)34-26-22-24-28-36(34)53-41(50)33-25-21-23-27-35(33)45/h5-6,8-9,11-12,14-15,17-18,21-28,39,45H,4,7,10,13,16,19-20,29-32H2,1-3H3,(H,44,49)(H,46,47). The molecule has 1 unspecified atom stereocenters. The smallest absolute Gasteiger partial charge is 0.347 e. The van der Waals surface area contributed by atoms with Crippen LogP contribution in [0.25, 0.3) is 0 Å². The first-order valence-electron chi connectivity index (χ1n) is 18.2. The van der Waals surface area contributed by atoms with E-state index < -0.39 is 41.3 Å². The van der Waals surface area contributed by atoms with Crippen molar-refractivity contribution in [3.05, 3.63) is 120 Å². The molecule has 2 aromatic carbocycles. The summed E-state index contributed by atoms with van der Waals surface area (Å²) in [5.41, 5.74) is -1.58. The van der Waals surface area contributed by atoms with Gasteiger partial charge in [-0.05, 0) is 69.2 Å². The normalized spacial score (nSPS) is 12.5. The fourth-order valence-corrected chi connectivity index (χ4v) is 4.80. The van der Waals surface area contributed by atoms with Gasteiger partial charge in [-0.3, -0.25) is 14.4 Å². The number of hydrogen-bond acceptors (Lipinski definition) is 9. The lowest BCUT2D eigenvalue weighted by Crippen LogP contribution is -2.49. The highest BCUT2D eigenvalue weighted by molar-refractivity contribution is 5.98. The quantitative estimate of drug-likeness (QED) is 0.0413. The minimum absolute atomic E-state index is 0.128. The Balaban J connectivity index is 1.92. The van der Waals surface area contributed by atoms with Crippen LogP contribution in [0.15, 0.2) is 109 Å². The number of para-hydroxylation sites is 2. The number of allylic oxidation sites excluding steroid dienone is 10. The monoisotopic (exact) mass is 743 g/mol. The molecule has 11 nitrogen and oxygen atoms in total. The summed E-state index contributed by atoms with van der Waals surface area (Å²) < 4.78 is 16.5. The average molecular weight is 744 g/mol. The van der Waals surface area contributed by atoms with Crippen LogP contribution in [0.4, 0.5) is 0 Å². The second-order valence-corrected chi connectivity index (χ2v) is 12.9. The fraction of sp³-hybridized carbons (Fsp3) is 0.372. The molecule has 54 heavy (non-hydrogen) atoms. The van der Waals surface area contributed by atoms with Crippen molar-refractivity contribution in [3.8, 4) is 11.5 Å². The number of amides is 1. The zero-order valence-corrected chi connectivity index (χ0v) is 31.4. The van der Waals surface area contributed by atoms with E-state index in [9.17, 15) is 29.1 Å². The van der Waals surface area contributed by atoms with Crippen molar-refractivity contribution in [2.75, 3.05) is 13.2 Å². The number of carbonyl (C=O) groups excluding carboxylic acids is 4. The summed E-state index contributed by atoms with van der Waals surface area (Å²) >= 11 is 0. The third-order valence-corrected chi connectivity index (χ3v) is 7.76. The molecule has 2 aromatic rings. The Morgan fingerprint density at radius 1 is 0.741 bits per heavy atom. The Bertz CT molecular complexity index is 1670. The summed E-state index contributed by atoms with van der Waals surface area (Å²) in [6.07, 6.45) is 25.2. The van der Waals surface area contributed by atoms with Crippen LogP contribution >= 0.6 is 0 Å². The van der Waals surface area contributed by atoms with Crippen LogP contribution in [0.3, 0.4) is 0 Å². The Labute approximate surface area is 318 Å². The van der Waals surface area contributed by atoms with Gasteiger partial charge in [-0.1, -0.05) is 106 Å². The van der Waals surface area contributed by atoms with E-state index >= 15 is 0 Å². The fourth-order valence-electron chi connectivity index (χ4n) is 4.80. The number of benzene rings is 2. The van der Waals surface area contributed by atoms with Gasteiger partial charge in [0.2, 0.25) is 0 Å². The van der Waals surface area contributed by atoms with Crippen LogP contribution < -0.4 is 10.1 Å². The van der Waals surface area contributed by atoms with Gasteiger partial charge in [-0.15, -0.1) is 0 Å². The number of esters is 3. The molecule has 1 amide bonds. The molecule has 0 saturated heterocycles. The number of phenolic OH excluding ortho intramolecular Hbond substituents is 1. The van der Waals surface area contributed by atoms with Crippen LogP contribution in [-0.4, -0.2) is 59.3 Å². The lowest BCUT2D eigenvalue weighted by molar-refractivity contribution is -0.153. The molecule has 0 radical (unpaired) electrons. The molecule has 0 aliphatic heterocycles. The highest BCUT2D eigenvalue weighted by atomic mass is 16.6. The van der Waals surface area contributed by atoms with Crippen molar-refractivity contribution in [1.82, 2.24) is 5.32 Å². The number of nitrogens with one attached hydrogen (secondary N) is 1. The number of carbonyl (C=O) groups is 5. The first kappa shape index (κ1) is 44.5. The van der Waals surface area contributed by atoms with Gasteiger partial charge >= 0.3 is 23.9 Å². The number of hydrogen-bond donors (Lipinski definition) is 3. The Hall–Kier alpha value is -5.71. The predicted molar refractivity (Wildman–Crippen MR) is 207 cm³/mol. The van der Waals surface area contributed by atoms with Crippen LogP contribution in [0.2, 0.25) is 0 Å². The molecular formula is C43H53NO10. The topological polar surface area (TPSA) is 166 Å². The Morgan fingerprint density at radius 3 is 1.89 bits per heavy atom. The number of phenols is 1. The lowest BCUT2D eigenvalue weighted by Gasteiger charge is -2.32. The summed E-state index contributed by atoms with van der Waals surface area (Å²) in [4.78, 5) is 63.1. The van der Waals surface area contributed by atoms with Gasteiger partial charge in [0.05, 0.1) is 6.42 Å². The van der Waals surface area contributed by atoms with Gasteiger partial charge in [0.1, 0.15) is 29.2 Å². The minimum Gasteiger partial charge on any atom is -0.507 e. The summed E-state index contributed by atoms with van der Waals surface area (Å²) in [5.74, 6) is -4.87. The zero-order chi connectivity index (χ0) is 39.6. The van der Waals surface area contributed by atoms with E-state index in [0.29, 0.717) is 12.8 Å². The third kappa shape index (κ3) is 17.7. The number of carboxylic acids is 1. The predicted octanol–water partition coefficient (Wildman–Crippen LogP) is 8.22. The molecule has 3 N–H and O–H groups in total. The van der Waals surface area contributed by atoms with Crippen molar-refractivity contribution < 1.29 is 48.4 Å². The van der Waals surface area contributed by atoms with E-state index in [2.05, 4.69) is 60.8 Å². The minimum atomic E-state index is -1.53. The first-order valence-corrected chi connectivity index (χ1v) is 18.2. The first-order chi connectivity index (χ1) is 26.0. The number of unbranched alkanes of at least 4 members (excludes halogenated alkanes) is 1. The SMILES string of the molecule is CCC=CCC=CCC=CCC=CCC=CCCCC(=O)OCC(C)(C)C(OC(=O)c1ccccc1OC(=O)c1ccccc1O)C(=O)NCCC(=O)O. The number of rotatable bonds is 24. The van der Waals surface area contributed by atoms with Crippen LogP contribution in [0.1, 0.15) is 99.3 Å². The molecule has 0 bridgehead atoms. The van der Waals surface area contributed by atoms with Gasteiger partial charge in [0.15, 0.2) is 6.10 Å². The maximum absolute atomic E-state index is 13.5. The van der Waals surface area contributed by atoms with Gasteiger partial charge in [-0.25, -0.2) is 9.59 Å². The zero-order valence-electron chi connectivity index (χ0n) is 31.4. The summed E-state index contributed by atoms with van der Waals surface area (Å²) in [5, 5.41) is 21.5. The van der Waals surface area contributed by atoms with Crippen molar-refractivity contribution in [2.45, 2.75) is 84.7 Å². The van der Waals surface area contributed by atoms with Crippen molar-refractivity contribution in [2.24, 2.45) is 5.41 Å². The van der Waals surface area contributed by atoms with Gasteiger partial charge in [-0.2, -0.15) is 0 Å². The molecule has 290 valence electrons. The van der Waals surface area contributed by atoms with E-state index in [0.717, 1.165) is 32.1 Å². The van der Waals surface area contributed by atoms with Crippen molar-refractivity contribution >= 4 is 29.8 Å². The largest absolute Gasteiger partial charge is 0.507 e. The molecule has 0 spiro atoms. The number of aliphatic carboxylic acids is 1. The molecule has 0 aliphatic rings. The van der Waals surface area contributed by atoms with Crippen LogP contribution in [0, 0.1) is 5.41 Å². The molecular weight excluding hydrogens is 690 g/mol. The molecule has 11 heteroatoms. The number of carboxylic acid groups (broad SMARTS) is 1. The Kier molecular flexibility index (Phi) is 20.8. The molecule has 1 atom stereocenters. The highest BCUT2D eigenvalue weighted by Crippen LogP contribution is 2.29. The molecule has 0 aliphatic carbocycles. The molecule has 0 aromatic heterocycles. The average Bonchev–Trinajstić information content (AvgIpc) is 3.14. The third-order valence-electron chi connectivity index (χ3n) is 7.76. The van der Waals surface area contributed by atoms with Gasteiger partial charge in [0.25, 0.3) is 5.91 Å². The molecule has 0 heterocycles. The van der Waals surface area contributed by atoms with Gasteiger partial charge in [0, 0.05) is 18.4 Å². The highest BCUT2D eigenvalue weighted by Gasteiger charge is 2.40. The summed E-state index contributed by atoms with van der Waals surface area (Å²) in [7, 11) is 0. The van der Waals surface area contributed by atoms with Crippen molar-refractivity contribution in [1.29, 1.82) is 0 Å². The van der Waals surface area contributed by atoms with E-state index in [1.54, 1.807) is 13.8 Å².